The first-order chi connectivity index (χ1) is 7.56. The summed E-state index contributed by atoms with van der Waals surface area (Å²) in [5.74, 6) is -0.898. The molecule has 84 valence electrons. The number of nitrogens with zero attached hydrogens (tertiary/aromatic N) is 2. The van der Waals surface area contributed by atoms with Gasteiger partial charge in [0, 0.05) is 17.3 Å². The molecule has 0 aliphatic carbocycles. The highest BCUT2D eigenvalue weighted by Gasteiger charge is 2.07. The molecule has 0 atom stereocenters. The van der Waals surface area contributed by atoms with E-state index in [2.05, 4.69) is 4.98 Å². The predicted octanol–water partition coefficient (Wildman–Crippen LogP) is 2.31. The van der Waals surface area contributed by atoms with Crippen LogP contribution in [-0.4, -0.2) is 20.6 Å². The molecule has 5 heteroatoms. The lowest BCUT2D eigenvalue weighted by Crippen LogP contribution is -1.97. The van der Waals surface area contributed by atoms with E-state index in [1.165, 1.54) is 4.88 Å². The van der Waals surface area contributed by atoms with Crippen molar-refractivity contribution < 1.29 is 9.90 Å². The first kappa shape index (κ1) is 10.9. The number of hydrogen-bond acceptors (Lipinski definition) is 3. The zero-order valence-corrected chi connectivity index (χ0v) is 9.91. The molecular weight excluding hydrogens is 224 g/mol. The minimum Gasteiger partial charge on any atom is -0.478 e. The predicted molar refractivity (Wildman–Crippen MR) is 62.1 cm³/mol. The Hall–Kier alpha value is -1.62. The maximum Gasteiger partial charge on any atom is 0.337 e. The van der Waals surface area contributed by atoms with Crippen molar-refractivity contribution in [1.29, 1.82) is 0 Å². The highest BCUT2D eigenvalue weighted by Crippen LogP contribution is 2.17. The van der Waals surface area contributed by atoms with E-state index in [4.69, 9.17) is 5.11 Å². The van der Waals surface area contributed by atoms with Gasteiger partial charge < -0.3 is 9.67 Å². The summed E-state index contributed by atoms with van der Waals surface area (Å²) in [6.45, 7) is 4.65. The maximum atomic E-state index is 10.7. The van der Waals surface area contributed by atoms with Gasteiger partial charge in [0.05, 0.1) is 17.8 Å². The minimum absolute atomic E-state index is 0.310. The molecule has 16 heavy (non-hydrogen) atoms. The van der Waals surface area contributed by atoms with Gasteiger partial charge in [-0.25, -0.2) is 9.78 Å². The fraction of sp³-hybridized carbons (Fsp3) is 0.273. The van der Waals surface area contributed by atoms with Crippen molar-refractivity contribution >= 4 is 17.3 Å². The number of aromatic nitrogens is 2. The largest absolute Gasteiger partial charge is 0.478 e. The van der Waals surface area contributed by atoms with E-state index in [-0.39, 0.29) is 0 Å². The number of rotatable bonds is 3. The van der Waals surface area contributed by atoms with Crippen LogP contribution in [0.5, 0.6) is 0 Å². The Kier molecular flexibility index (Phi) is 2.78. The van der Waals surface area contributed by atoms with E-state index >= 15 is 0 Å². The number of aromatic carboxylic acids is 1. The summed E-state index contributed by atoms with van der Waals surface area (Å²) in [4.78, 5) is 16.3. The van der Waals surface area contributed by atoms with Gasteiger partial charge in [0.15, 0.2) is 0 Å². The lowest BCUT2D eigenvalue weighted by atomic mass is 10.4. The molecule has 4 nitrogen and oxygen atoms in total. The highest BCUT2D eigenvalue weighted by molar-refractivity contribution is 7.11. The molecule has 0 bridgehead atoms. The molecule has 0 saturated heterocycles. The van der Waals surface area contributed by atoms with Crippen LogP contribution in [0.4, 0.5) is 0 Å². The lowest BCUT2D eigenvalue weighted by Gasteiger charge is -1.97. The second-order valence-corrected chi connectivity index (χ2v) is 4.91. The molecule has 0 unspecified atom stereocenters. The number of carboxylic acids is 1. The maximum absolute atomic E-state index is 10.7. The van der Waals surface area contributed by atoms with Gasteiger partial charge in [-0.1, -0.05) is 0 Å². The van der Waals surface area contributed by atoms with Crippen LogP contribution in [-0.2, 0) is 6.54 Å². The van der Waals surface area contributed by atoms with E-state index < -0.39 is 5.97 Å². The number of aryl methyl sites for hydroxylation is 2. The molecule has 0 aliphatic heterocycles. The van der Waals surface area contributed by atoms with E-state index in [1.807, 2.05) is 18.4 Å². The Morgan fingerprint density at radius 3 is 2.81 bits per heavy atom. The van der Waals surface area contributed by atoms with Crippen LogP contribution in [0.3, 0.4) is 0 Å². The van der Waals surface area contributed by atoms with Gasteiger partial charge in [0.1, 0.15) is 5.01 Å². The fourth-order valence-corrected chi connectivity index (χ4v) is 2.37. The number of hydrogen-bond donors (Lipinski definition) is 1. The number of carboxylic acid groups (broad SMARTS) is 1. The van der Waals surface area contributed by atoms with Crippen LogP contribution >= 0.6 is 11.3 Å². The van der Waals surface area contributed by atoms with E-state index in [0.29, 0.717) is 12.1 Å². The third-order valence-corrected chi connectivity index (χ3v) is 3.45. The average Bonchev–Trinajstić information content (AvgIpc) is 2.76. The quantitative estimate of drug-likeness (QED) is 0.889. The second-order valence-electron chi connectivity index (χ2n) is 3.63. The van der Waals surface area contributed by atoms with Crippen LogP contribution in [0.2, 0.25) is 0 Å². The fourth-order valence-electron chi connectivity index (χ4n) is 1.43. The molecule has 0 aromatic carbocycles. The number of thiazole rings is 1. The smallest absolute Gasteiger partial charge is 0.337 e. The van der Waals surface area contributed by atoms with Crippen molar-refractivity contribution in [2.75, 3.05) is 0 Å². The molecule has 0 spiro atoms. The molecule has 1 N–H and O–H groups in total. The van der Waals surface area contributed by atoms with Gasteiger partial charge >= 0.3 is 5.97 Å². The molecule has 0 saturated carbocycles. The van der Waals surface area contributed by atoms with Crippen LogP contribution in [0, 0.1) is 13.8 Å². The van der Waals surface area contributed by atoms with Crippen LogP contribution < -0.4 is 0 Å². The van der Waals surface area contributed by atoms with Crippen LogP contribution in [0.25, 0.3) is 0 Å². The van der Waals surface area contributed by atoms with Gasteiger partial charge in [-0.3, -0.25) is 0 Å². The lowest BCUT2D eigenvalue weighted by molar-refractivity contribution is 0.0697. The van der Waals surface area contributed by atoms with Crippen LogP contribution in [0.1, 0.15) is 25.9 Å². The van der Waals surface area contributed by atoms with Gasteiger partial charge in [-0.15, -0.1) is 11.3 Å². The monoisotopic (exact) mass is 236 g/mol. The minimum atomic E-state index is -0.898. The van der Waals surface area contributed by atoms with Crippen molar-refractivity contribution in [2.24, 2.45) is 0 Å². The van der Waals surface area contributed by atoms with Crippen molar-refractivity contribution in [3.05, 3.63) is 39.6 Å². The van der Waals surface area contributed by atoms with Crippen molar-refractivity contribution in [3.8, 4) is 0 Å². The molecule has 2 rings (SSSR count). The van der Waals surface area contributed by atoms with E-state index in [9.17, 15) is 4.79 Å². The number of carbonyl (C=O) groups is 1. The molecule has 0 amide bonds. The van der Waals surface area contributed by atoms with Gasteiger partial charge in [-0.2, -0.15) is 0 Å². The van der Waals surface area contributed by atoms with Crippen molar-refractivity contribution in [1.82, 2.24) is 9.55 Å². The van der Waals surface area contributed by atoms with Crippen LogP contribution in [0.15, 0.2) is 18.5 Å². The molecule has 0 radical (unpaired) electrons. The summed E-state index contributed by atoms with van der Waals surface area (Å²) < 4.78 is 1.83. The van der Waals surface area contributed by atoms with Gasteiger partial charge in [-0.05, 0) is 19.9 Å². The normalized spacial score (nSPS) is 10.6. The Morgan fingerprint density at radius 1 is 1.56 bits per heavy atom. The average molecular weight is 236 g/mol. The summed E-state index contributed by atoms with van der Waals surface area (Å²) >= 11 is 1.65. The Balaban J connectivity index is 2.17. The highest BCUT2D eigenvalue weighted by atomic mass is 32.1. The van der Waals surface area contributed by atoms with E-state index in [0.717, 1.165) is 10.7 Å². The zero-order chi connectivity index (χ0) is 11.7. The van der Waals surface area contributed by atoms with Gasteiger partial charge in [0.2, 0.25) is 0 Å². The Morgan fingerprint density at radius 2 is 2.31 bits per heavy atom. The Bertz CT molecular complexity index is 508. The van der Waals surface area contributed by atoms with Crippen molar-refractivity contribution in [3.63, 3.8) is 0 Å². The molecule has 0 fully saturated rings. The standard InChI is InChI=1S/C11H12N2O2S/c1-7-8(2)16-10(12-7)6-13-4-3-9(5-13)11(14)15/h3-5H,6H2,1-2H3,(H,14,15). The molecule has 2 aromatic heterocycles. The SMILES string of the molecule is Cc1nc(Cn2ccc(C(=O)O)c2)sc1C. The molecule has 0 aliphatic rings. The Labute approximate surface area is 97.2 Å². The zero-order valence-electron chi connectivity index (χ0n) is 9.10. The first-order valence-electron chi connectivity index (χ1n) is 4.88. The second kappa shape index (κ2) is 4.09. The summed E-state index contributed by atoms with van der Waals surface area (Å²) in [6, 6.07) is 1.59. The third kappa shape index (κ3) is 2.14. The molecule has 2 aromatic rings. The summed E-state index contributed by atoms with van der Waals surface area (Å²) in [7, 11) is 0. The molecular formula is C11H12N2O2S. The summed E-state index contributed by atoms with van der Waals surface area (Å²) in [5.41, 5.74) is 1.36. The molecule has 2 heterocycles. The summed E-state index contributed by atoms with van der Waals surface area (Å²) in [5, 5.41) is 9.79. The topological polar surface area (TPSA) is 55.1 Å². The van der Waals surface area contributed by atoms with E-state index in [1.54, 1.807) is 29.8 Å². The third-order valence-electron chi connectivity index (χ3n) is 2.39. The summed E-state index contributed by atoms with van der Waals surface area (Å²) in [6.07, 6.45) is 3.38. The van der Waals surface area contributed by atoms with Crippen molar-refractivity contribution in [2.45, 2.75) is 20.4 Å². The first-order valence-corrected chi connectivity index (χ1v) is 5.70. The van der Waals surface area contributed by atoms with Gasteiger partial charge in [0.25, 0.3) is 0 Å².